The van der Waals surface area contributed by atoms with Crippen molar-refractivity contribution < 1.29 is 4.79 Å². The Kier molecular flexibility index (Phi) is 3.85. The molecule has 0 unspecified atom stereocenters. The smallest absolute Gasteiger partial charge is 0.253 e. The summed E-state index contributed by atoms with van der Waals surface area (Å²) in [6.45, 7) is 4.31. The topological polar surface area (TPSA) is 64.2 Å². The molecule has 1 amide bonds. The molecule has 0 fully saturated rings. The van der Waals surface area contributed by atoms with Gasteiger partial charge in [0.05, 0.1) is 17.8 Å². The Bertz CT molecular complexity index is 1020. The van der Waals surface area contributed by atoms with Crippen LogP contribution in [-0.2, 0) is 6.54 Å². The number of hydrogen-bond donors (Lipinski definition) is 1. The van der Waals surface area contributed by atoms with Crippen molar-refractivity contribution in [2.45, 2.75) is 20.4 Å². The minimum atomic E-state index is -0.105. The van der Waals surface area contributed by atoms with E-state index in [-0.39, 0.29) is 5.91 Å². The molecule has 0 bridgehead atoms. The number of amides is 1. The van der Waals surface area contributed by atoms with Crippen molar-refractivity contribution in [3.63, 3.8) is 0 Å². The van der Waals surface area contributed by atoms with Gasteiger partial charge in [0.1, 0.15) is 5.82 Å². The van der Waals surface area contributed by atoms with E-state index in [1.165, 1.54) is 0 Å². The van der Waals surface area contributed by atoms with Crippen LogP contribution in [0.2, 0.25) is 0 Å². The maximum absolute atomic E-state index is 12.6. The van der Waals surface area contributed by atoms with Crippen LogP contribution in [0.25, 0.3) is 10.8 Å². The summed E-state index contributed by atoms with van der Waals surface area (Å²) in [6, 6.07) is 7.64. The molecular formula is C18H17N5OS. The van der Waals surface area contributed by atoms with Crippen molar-refractivity contribution in [3.8, 4) is 5.82 Å². The molecule has 0 saturated carbocycles. The third-order valence-corrected chi connectivity index (χ3v) is 4.90. The van der Waals surface area contributed by atoms with E-state index in [4.69, 9.17) is 0 Å². The predicted octanol–water partition coefficient (Wildman–Crippen LogP) is 3.13. The monoisotopic (exact) mass is 351 g/mol. The number of pyridine rings is 1. The summed E-state index contributed by atoms with van der Waals surface area (Å²) in [5, 5.41) is 4.94. The Morgan fingerprint density at radius 3 is 2.96 bits per heavy atom. The Hall–Kier alpha value is -2.93. The van der Waals surface area contributed by atoms with Gasteiger partial charge in [-0.1, -0.05) is 6.07 Å². The highest BCUT2D eigenvalue weighted by Gasteiger charge is 2.17. The first kappa shape index (κ1) is 15.6. The van der Waals surface area contributed by atoms with Crippen LogP contribution in [0, 0.1) is 13.8 Å². The number of carbonyl (C=O) groups excluding carboxylic acids is 1. The molecule has 0 radical (unpaired) electrons. The molecule has 0 atom stereocenters. The molecule has 0 spiro atoms. The molecule has 4 rings (SSSR count). The first-order valence-electron chi connectivity index (χ1n) is 7.93. The molecular weight excluding hydrogens is 334 g/mol. The van der Waals surface area contributed by atoms with Crippen molar-refractivity contribution in [2.75, 3.05) is 0 Å². The Balaban J connectivity index is 1.55. The van der Waals surface area contributed by atoms with Crippen LogP contribution in [-0.4, -0.2) is 24.8 Å². The van der Waals surface area contributed by atoms with E-state index in [1.54, 1.807) is 17.5 Å². The third kappa shape index (κ3) is 2.83. The Morgan fingerprint density at radius 2 is 2.20 bits per heavy atom. The molecule has 6 nitrogen and oxygen atoms in total. The third-order valence-electron chi connectivity index (χ3n) is 4.13. The van der Waals surface area contributed by atoms with Crippen LogP contribution in [0.15, 0.2) is 48.2 Å². The Labute approximate surface area is 148 Å². The molecule has 25 heavy (non-hydrogen) atoms. The highest BCUT2D eigenvalue weighted by atomic mass is 32.1. The van der Waals surface area contributed by atoms with E-state index in [0.717, 1.165) is 27.9 Å². The van der Waals surface area contributed by atoms with Crippen molar-refractivity contribution in [1.82, 2.24) is 24.3 Å². The second-order valence-electron chi connectivity index (χ2n) is 5.82. The lowest BCUT2D eigenvalue weighted by Gasteiger charge is -2.08. The van der Waals surface area contributed by atoms with Gasteiger partial charge in [0.2, 0.25) is 0 Å². The highest BCUT2D eigenvalue weighted by Crippen LogP contribution is 2.19. The second-order valence-corrected chi connectivity index (χ2v) is 6.69. The van der Waals surface area contributed by atoms with E-state index < -0.39 is 0 Å². The van der Waals surface area contributed by atoms with Crippen LogP contribution < -0.4 is 5.32 Å². The fourth-order valence-corrected chi connectivity index (χ4v) is 3.68. The fraction of sp³-hybridized carbons (Fsp3) is 0.167. The van der Waals surface area contributed by atoms with Gasteiger partial charge in [-0.25, -0.2) is 9.97 Å². The van der Waals surface area contributed by atoms with Crippen molar-refractivity contribution >= 4 is 22.2 Å². The molecule has 0 aliphatic heterocycles. The molecule has 0 aromatic carbocycles. The van der Waals surface area contributed by atoms with Crippen molar-refractivity contribution in [3.05, 3.63) is 70.9 Å². The summed E-state index contributed by atoms with van der Waals surface area (Å²) in [6.07, 6.45) is 5.64. The van der Waals surface area contributed by atoms with E-state index >= 15 is 0 Å². The van der Waals surface area contributed by atoms with E-state index in [9.17, 15) is 4.79 Å². The largest absolute Gasteiger partial charge is 0.346 e. The minimum Gasteiger partial charge on any atom is -0.346 e. The standard InChI is InChI=1S/C18H17N5OS/c1-12-9-15(13(2)23(12)16-5-3-4-6-19-16)17(24)20-10-14-11-22-7-8-25-18(22)21-14/h3-9,11H,10H2,1-2H3,(H,20,24). The number of thiazole rings is 1. The predicted molar refractivity (Wildman–Crippen MR) is 97.3 cm³/mol. The highest BCUT2D eigenvalue weighted by molar-refractivity contribution is 7.15. The molecule has 0 aliphatic carbocycles. The molecule has 0 saturated heterocycles. The van der Waals surface area contributed by atoms with Crippen LogP contribution in [0.3, 0.4) is 0 Å². The maximum atomic E-state index is 12.6. The molecule has 7 heteroatoms. The number of aromatic nitrogens is 4. The van der Waals surface area contributed by atoms with Gasteiger partial charge in [-0.2, -0.15) is 0 Å². The summed E-state index contributed by atoms with van der Waals surface area (Å²) in [4.78, 5) is 22.4. The second kappa shape index (κ2) is 6.18. The van der Waals surface area contributed by atoms with Gasteiger partial charge >= 0.3 is 0 Å². The molecule has 4 aromatic heterocycles. The lowest BCUT2D eigenvalue weighted by atomic mass is 10.2. The van der Waals surface area contributed by atoms with Gasteiger partial charge < -0.3 is 9.88 Å². The first-order chi connectivity index (χ1) is 12.1. The van der Waals surface area contributed by atoms with Crippen LogP contribution in [0.5, 0.6) is 0 Å². The zero-order valence-corrected chi connectivity index (χ0v) is 14.7. The number of nitrogens with one attached hydrogen (secondary N) is 1. The minimum absolute atomic E-state index is 0.105. The number of hydrogen-bond acceptors (Lipinski definition) is 4. The average molecular weight is 351 g/mol. The van der Waals surface area contributed by atoms with Gasteiger partial charge in [0.15, 0.2) is 4.96 Å². The molecule has 126 valence electrons. The normalized spacial score (nSPS) is 11.1. The van der Waals surface area contributed by atoms with Gasteiger partial charge in [0.25, 0.3) is 5.91 Å². The summed E-state index contributed by atoms with van der Waals surface area (Å²) >= 11 is 1.57. The quantitative estimate of drug-likeness (QED) is 0.614. The van der Waals surface area contributed by atoms with Gasteiger partial charge in [-0.05, 0) is 32.0 Å². The van der Waals surface area contributed by atoms with E-state index in [2.05, 4.69) is 15.3 Å². The van der Waals surface area contributed by atoms with Crippen LogP contribution >= 0.6 is 11.3 Å². The Morgan fingerprint density at radius 1 is 1.32 bits per heavy atom. The molecule has 4 heterocycles. The van der Waals surface area contributed by atoms with Gasteiger partial charge in [-0.3, -0.25) is 9.20 Å². The van der Waals surface area contributed by atoms with Crippen molar-refractivity contribution in [2.24, 2.45) is 0 Å². The average Bonchev–Trinajstić information content (AvgIpc) is 3.27. The summed E-state index contributed by atoms with van der Waals surface area (Å²) in [5.41, 5.74) is 3.35. The zero-order valence-electron chi connectivity index (χ0n) is 13.9. The van der Waals surface area contributed by atoms with Crippen LogP contribution in [0.1, 0.15) is 27.4 Å². The fourth-order valence-electron chi connectivity index (χ4n) is 2.96. The first-order valence-corrected chi connectivity index (χ1v) is 8.81. The molecule has 0 aliphatic rings. The summed E-state index contributed by atoms with van der Waals surface area (Å²) in [7, 11) is 0. The SMILES string of the molecule is Cc1cc(C(=O)NCc2cn3ccsc3n2)c(C)n1-c1ccccn1. The maximum Gasteiger partial charge on any atom is 0.253 e. The number of nitrogens with zero attached hydrogens (tertiary/aromatic N) is 4. The number of aryl methyl sites for hydroxylation is 1. The van der Waals surface area contributed by atoms with Gasteiger partial charge in [0, 0.05) is 35.4 Å². The lowest BCUT2D eigenvalue weighted by molar-refractivity contribution is 0.0950. The van der Waals surface area contributed by atoms with Crippen molar-refractivity contribution in [1.29, 1.82) is 0 Å². The number of carbonyl (C=O) groups is 1. The lowest BCUT2D eigenvalue weighted by Crippen LogP contribution is -2.23. The summed E-state index contributed by atoms with van der Waals surface area (Å²) in [5.74, 6) is 0.706. The van der Waals surface area contributed by atoms with E-state index in [1.807, 2.05) is 64.9 Å². The number of fused-ring (bicyclic) bond motifs is 1. The summed E-state index contributed by atoms with van der Waals surface area (Å²) < 4.78 is 3.95. The number of imidazole rings is 1. The van der Waals surface area contributed by atoms with Gasteiger partial charge in [-0.15, -0.1) is 11.3 Å². The van der Waals surface area contributed by atoms with Crippen LogP contribution in [0.4, 0.5) is 0 Å². The molecule has 1 N–H and O–H groups in total. The van der Waals surface area contributed by atoms with E-state index in [0.29, 0.717) is 12.1 Å². The molecule has 4 aromatic rings. The zero-order chi connectivity index (χ0) is 17.4. The number of rotatable bonds is 4.